The number of hydrogen-bond acceptors (Lipinski definition) is 10. The van der Waals surface area contributed by atoms with E-state index in [1.165, 1.54) is 53.4 Å². The number of carboxylic acids is 1. The summed E-state index contributed by atoms with van der Waals surface area (Å²) in [6, 6.07) is 7.01. The van der Waals surface area contributed by atoms with Crippen molar-refractivity contribution in [3.63, 3.8) is 0 Å². The van der Waals surface area contributed by atoms with Crippen molar-refractivity contribution in [3.8, 4) is 0 Å². The van der Waals surface area contributed by atoms with E-state index in [0.717, 1.165) is 40.1 Å². The fourth-order valence-corrected chi connectivity index (χ4v) is 6.90. The van der Waals surface area contributed by atoms with Crippen molar-refractivity contribution in [2.24, 2.45) is 0 Å². The Balaban J connectivity index is 0.000000216. The molecule has 0 radical (unpaired) electrons. The number of amides is 1. The van der Waals surface area contributed by atoms with Gasteiger partial charge in [-0.25, -0.2) is 14.8 Å². The van der Waals surface area contributed by atoms with Crippen molar-refractivity contribution in [2.45, 2.75) is 78.7 Å². The van der Waals surface area contributed by atoms with E-state index in [-0.39, 0.29) is 33.9 Å². The van der Waals surface area contributed by atoms with Crippen LogP contribution in [0, 0.1) is 47.9 Å². The Labute approximate surface area is 273 Å². The van der Waals surface area contributed by atoms with E-state index in [1.807, 2.05) is 13.0 Å². The third-order valence-corrected chi connectivity index (χ3v) is 9.58. The molecule has 0 bridgehead atoms. The van der Waals surface area contributed by atoms with E-state index in [4.69, 9.17) is 5.11 Å². The fraction of sp³-hybridized carbons (Fsp3) is 0.375. The Hall–Kier alpha value is -4.56. The molecule has 2 aromatic carbocycles. The summed E-state index contributed by atoms with van der Waals surface area (Å²) >= 11 is 2.73. The van der Waals surface area contributed by atoms with Crippen LogP contribution in [0.25, 0.3) is 0 Å². The molecule has 5 rings (SSSR count). The number of nitrogens with one attached hydrogen (secondary N) is 1. The Bertz CT molecular complexity index is 1780. The highest BCUT2D eigenvalue weighted by Crippen LogP contribution is 2.27. The maximum absolute atomic E-state index is 12.4. The van der Waals surface area contributed by atoms with Crippen LogP contribution in [0.1, 0.15) is 96.5 Å². The Morgan fingerprint density at radius 2 is 1.24 bits per heavy atom. The van der Waals surface area contributed by atoms with Crippen molar-refractivity contribution in [2.75, 3.05) is 0 Å². The summed E-state index contributed by atoms with van der Waals surface area (Å²) in [5.41, 5.74) is 5.54. The Morgan fingerprint density at radius 1 is 0.783 bits per heavy atom. The molecule has 2 N–H and O–H groups in total. The summed E-state index contributed by atoms with van der Waals surface area (Å²) in [4.78, 5) is 52.8. The lowest BCUT2D eigenvalue weighted by atomic mass is 9.95. The molecule has 46 heavy (non-hydrogen) atoms. The minimum Gasteiger partial charge on any atom is -0.476 e. The smallest absolute Gasteiger partial charge is 0.355 e. The number of aromatic carboxylic acids is 1. The number of carbonyl (C=O) groups is 2. The monoisotopic (exact) mass is 665 g/mol. The normalized spacial score (nSPS) is 13.0. The van der Waals surface area contributed by atoms with Crippen molar-refractivity contribution in [1.29, 1.82) is 0 Å². The predicted molar refractivity (Wildman–Crippen MR) is 176 cm³/mol. The molecule has 0 atom stereocenters. The summed E-state index contributed by atoms with van der Waals surface area (Å²) in [6.07, 6.45) is 6.74. The number of aryl methyl sites for hydroxylation is 4. The van der Waals surface area contributed by atoms with Crippen molar-refractivity contribution < 1.29 is 24.5 Å². The first-order valence-electron chi connectivity index (χ1n) is 14.7. The van der Waals surface area contributed by atoms with Crippen LogP contribution in [-0.2, 0) is 12.8 Å². The molecule has 1 aliphatic rings. The first-order valence-corrected chi connectivity index (χ1v) is 16.5. The first-order chi connectivity index (χ1) is 21.8. The predicted octanol–water partition coefficient (Wildman–Crippen LogP) is 7.28. The highest BCUT2D eigenvalue weighted by molar-refractivity contribution is 7.10. The molecule has 4 aromatic rings. The van der Waals surface area contributed by atoms with Gasteiger partial charge >= 0.3 is 5.97 Å². The summed E-state index contributed by atoms with van der Waals surface area (Å²) in [5.74, 6) is -1.15. The van der Waals surface area contributed by atoms with Crippen LogP contribution in [0.15, 0.2) is 35.0 Å². The van der Waals surface area contributed by atoms with Crippen LogP contribution in [-0.4, -0.2) is 42.8 Å². The standard InChI is InChI=1S/C19H23N3O3S.C13H12N2O4S/c1-12-9-17(22(24)25)13(2)8-14(12)10-18-21-16(11-26-18)19(23)20-15-6-4-3-5-7-15;1-7-4-11(15(18)19)8(2)3-9(7)5-12-14-10(6-20-12)13(16)17/h8-9,11,15H,3-7,10H2,1-2H3,(H,20,23);3-4,6H,5H2,1-2H3,(H,16,17). The average Bonchev–Trinajstić information content (AvgIpc) is 3.67. The number of hydrogen-bond donors (Lipinski definition) is 2. The molecule has 0 aliphatic heterocycles. The lowest BCUT2D eigenvalue weighted by molar-refractivity contribution is -0.385. The van der Waals surface area contributed by atoms with Crippen LogP contribution >= 0.6 is 22.7 Å². The molecule has 0 unspecified atom stereocenters. The molecular weight excluding hydrogens is 631 g/mol. The highest BCUT2D eigenvalue weighted by Gasteiger charge is 2.20. The Kier molecular flexibility index (Phi) is 11.3. The quantitative estimate of drug-likeness (QED) is 0.137. The molecule has 1 aliphatic carbocycles. The van der Waals surface area contributed by atoms with E-state index >= 15 is 0 Å². The number of nitrogens with zero attached hydrogens (tertiary/aromatic N) is 4. The van der Waals surface area contributed by atoms with E-state index in [2.05, 4.69) is 15.3 Å². The zero-order valence-electron chi connectivity index (χ0n) is 26.0. The topological polar surface area (TPSA) is 178 Å². The van der Waals surface area contributed by atoms with Crippen molar-refractivity contribution >= 4 is 45.9 Å². The molecule has 1 amide bonds. The number of nitro benzene ring substituents is 2. The molecule has 2 aromatic heterocycles. The summed E-state index contributed by atoms with van der Waals surface area (Å²) < 4.78 is 0. The van der Waals surface area contributed by atoms with E-state index in [1.54, 1.807) is 38.3 Å². The molecule has 0 spiro atoms. The zero-order chi connectivity index (χ0) is 33.5. The van der Waals surface area contributed by atoms with Crippen molar-refractivity contribution in [3.05, 3.63) is 110 Å². The third-order valence-electron chi connectivity index (χ3n) is 7.88. The van der Waals surface area contributed by atoms with Gasteiger partial charge in [-0.05, 0) is 74.9 Å². The van der Waals surface area contributed by atoms with Crippen LogP contribution in [0.3, 0.4) is 0 Å². The van der Waals surface area contributed by atoms with Gasteiger partial charge in [-0.3, -0.25) is 25.0 Å². The number of carbonyl (C=O) groups excluding carboxylic acids is 1. The largest absolute Gasteiger partial charge is 0.476 e. The number of carboxylic acid groups (broad SMARTS) is 1. The summed E-state index contributed by atoms with van der Waals surface area (Å²) in [6.45, 7) is 7.09. The van der Waals surface area contributed by atoms with E-state index in [9.17, 15) is 29.8 Å². The van der Waals surface area contributed by atoms with E-state index < -0.39 is 10.9 Å². The summed E-state index contributed by atoms with van der Waals surface area (Å²) in [5, 5.41) is 38.6. The maximum atomic E-state index is 12.4. The molecule has 12 nitrogen and oxygen atoms in total. The molecule has 242 valence electrons. The van der Waals surface area contributed by atoms with Gasteiger partial charge in [0.25, 0.3) is 17.3 Å². The number of thiazole rings is 2. The second-order valence-electron chi connectivity index (χ2n) is 11.4. The second kappa shape index (κ2) is 15.1. The van der Waals surface area contributed by atoms with Crippen LogP contribution in [0.5, 0.6) is 0 Å². The molecular formula is C32H35N5O7S2. The minimum absolute atomic E-state index is 0.0290. The minimum atomic E-state index is -1.05. The fourth-order valence-electron chi connectivity index (χ4n) is 5.31. The van der Waals surface area contributed by atoms with Gasteiger partial charge in [-0.15, -0.1) is 22.7 Å². The van der Waals surface area contributed by atoms with Gasteiger partial charge in [-0.2, -0.15) is 0 Å². The lowest BCUT2D eigenvalue weighted by Crippen LogP contribution is -2.36. The zero-order valence-corrected chi connectivity index (χ0v) is 27.6. The van der Waals surface area contributed by atoms with Gasteiger partial charge in [0.05, 0.1) is 19.9 Å². The SMILES string of the molecule is Cc1cc([N+](=O)[O-])c(C)cc1Cc1nc(C(=O)NC2CCCCC2)cs1.Cc1cc([N+](=O)[O-])c(C)cc1Cc1nc(C(=O)O)cs1. The molecule has 1 saturated carbocycles. The maximum Gasteiger partial charge on any atom is 0.355 e. The molecule has 1 fully saturated rings. The Morgan fingerprint density at radius 3 is 1.67 bits per heavy atom. The average molecular weight is 666 g/mol. The number of benzene rings is 2. The van der Waals surface area contributed by atoms with Crippen LogP contribution in [0.4, 0.5) is 11.4 Å². The number of nitro groups is 2. The van der Waals surface area contributed by atoms with Gasteiger partial charge < -0.3 is 10.4 Å². The summed E-state index contributed by atoms with van der Waals surface area (Å²) in [7, 11) is 0. The molecule has 0 saturated heterocycles. The first kappa shape index (κ1) is 34.3. The number of rotatable bonds is 9. The van der Waals surface area contributed by atoms with Crippen molar-refractivity contribution in [1.82, 2.24) is 15.3 Å². The lowest BCUT2D eigenvalue weighted by Gasteiger charge is -2.22. The highest BCUT2D eigenvalue weighted by atomic mass is 32.1. The van der Waals surface area contributed by atoms with Gasteiger partial charge in [0.15, 0.2) is 5.69 Å². The third kappa shape index (κ3) is 8.79. The molecule has 14 heteroatoms. The van der Waals surface area contributed by atoms with Crippen LogP contribution in [0.2, 0.25) is 0 Å². The molecule has 2 heterocycles. The van der Waals surface area contributed by atoms with Gasteiger partial charge in [-0.1, -0.05) is 19.3 Å². The van der Waals surface area contributed by atoms with Crippen LogP contribution < -0.4 is 5.32 Å². The van der Waals surface area contributed by atoms with Gasteiger partial charge in [0.1, 0.15) is 5.69 Å². The second-order valence-corrected chi connectivity index (χ2v) is 13.2. The van der Waals surface area contributed by atoms with Gasteiger partial charge in [0.2, 0.25) is 0 Å². The van der Waals surface area contributed by atoms with Gasteiger partial charge in [0, 0.05) is 52.9 Å². The van der Waals surface area contributed by atoms with E-state index in [0.29, 0.717) is 34.7 Å². The number of aromatic nitrogens is 2.